The van der Waals surface area contributed by atoms with E-state index in [1.165, 1.54) is 14.2 Å². The molecule has 0 bridgehead atoms. The van der Waals surface area contributed by atoms with Gasteiger partial charge in [-0.2, -0.15) is 5.10 Å². The van der Waals surface area contributed by atoms with Crippen LogP contribution in [0.5, 0.6) is 11.5 Å². The molecule has 1 aromatic heterocycles. The molecule has 0 radical (unpaired) electrons. The number of fused-ring (bicyclic) bond motifs is 1. The Hall–Kier alpha value is -3.07. The molecular weight excluding hydrogens is 338 g/mol. The van der Waals surface area contributed by atoms with Gasteiger partial charge in [-0.05, 0) is 0 Å². The predicted molar refractivity (Wildman–Crippen MR) is 94.5 cm³/mol. The molecule has 1 aromatic carbocycles. The van der Waals surface area contributed by atoms with Crippen LogP contribution in [0.15, 0.2) is 18.2 Å². The molecule has 9 heteroatoms. The average molecular weight is 359 g/mol. The molecule has 0 spiro atoms. The SMILES string of the molecule is COc1cc(NC(=O)CNC(=O)c2n[nH]c3c2CNCC3)cc(OC)c1. The zero-order valence-corrected chi connectivity index (χ0v) is 14.6. The van der Waals surface area contributed by atoms with Gasteiger partial charge in [0.05, 0.1) is 20.8 Å². The Labute approximate surface area is 150 Å². The highest BCUT2D eigenvalue weighted by molar-refractivity contribution is 5.99. The van der Waals surface area contributed by atoms with Crippen LogP contribution in [0.4, 0.5) is 5.69 Å². The van der Waals surface area contributed by atoms with Gasteiger partial charge in [0.25, 0.3) is 5.91 Å². The highest BCUT2D eigenvalue weighted by Crippen LogP contribution is 2.25. The van der Waals surface area contributed by atoms with Crippen LogP contribution in [0.2, 0.25) is 0 Å². The molecule has 0 saturated carbocycles. The number of ether oxygens (including phenoxy) is 2. The van der Waals surface area contributed by atoms with Crippen molar-refractivity contribution in [1.82, 2.24) is 20.8 Å². The van der Waals surface area contributed by atoms with E-state index in [9.17, 15) is 9.59 Å². The largest absolute Gasteiger partial charge is 0.497 e. The maximum absolute atomic E-state index is 12.3. The molecule has 4 N–H and O–H groups in total. The van der Waals surface area contributed by atoms with E-state index in [2.05, 4.69) is 26.1 Å². The fraction of sp³-hybridized carbons (Fsp3) is 0.353. The molecule has 26 heavy (non-hydrogen) atoms. The van der Waals surface area contributed by atoms with Crippen LogP contribution in [0, 0.1) is 0 Å². The molecule has 1 aliphatic heterocycles. The van der Waals surface area contributed by atoms with Crippen LogP contribution in [-0.2, 0) is 17.8 Å². The maximum atomic E-state index is 12.3. The summed E-state index contributed by atoms with van der Waals surface area (Å²) >= 11 is 0. The molecule has 0 fully saturated rings. The Balaban J connectivity index is 1.59. The molecule has 0 unspecified atom stereocenters. The number of hydrogen-bond acceptors (Lipinski definition) is 6. The summed E-state index contributed by atoms with van der Waals surface area (Å²) in [6, 6.07) is 5.03. The van der Waals surface area contributed by atoms with Gasteiger partial charge in [0.1, 0.15) is 11.5 Å². The molecule has 1 aliphatic rings. The number of aromatic amines is 1. The number of nitrogens with one attached hydrogen (secondary N) is 4. The van der Waals surface area contributed by atoms with Crippen molar-refractivity contribution in [3.8, 4) is 11.5 Å². The molecular formula is C17H21N5O4. The van der Waals surface area contributed by atoms with E-state index in [1.807, 2.05) is 0 Å². The second-order valence-corrected chi connectivity index (χ2v) is 5.79. The van der Waals surface area contributed by atoms with Crippen LogP contribution >= 0.6 is 0 Å². The number of carbonyl (C=O) groups is 2. The highest BCUT2D eigenvalue weighted by atomic mass is 16.5. The van der Waals surface area contributed by atoms with Crippen molar-refractivity contribution in [2.24, 2.45) is 0 Å². The molecule has 0 atom stereocenters. The lowest BCUT2D eigenvalue weighted by Crippen LogP contribution is -2.34. The van der Waals surface area contributed by atoms with Crippen molar-refractivity contribution in [3.05, 3.63) is 35.2 Å². The van der Waals surface area contributed by atoms with Crippen molar-refractivity contribution in [2.45, 2.75) is 13.0 Å². The first-order chi connectivity index (χ1) is 12.6. The van der Waals surface area contributed by atoms with E-state index in [-0.39, 0.29) is 18.4 Å². The van der Waals surface area contributed by atoms with Gasteiger partial charge >= 0.3 is 0 Å². The second kappa shape index (κ2) is 7.87. The van der Waals surface area contributed by atoms with Crippen molar-refractivity contribution in [2.75, 3.05) is 32.6 Å². The van der Waals surface area contributed by atoms with E-state index < -0.39 is 0 Å². The van der Waals surface area contributed by atoms with Gasteiger partial charge in [-0.3, -0.25) is 14.7 Å². The minimum absolute atomic E-state index is 0.173. The Kier molecular flexibility index (Phi) is 5.37. The Morgan fingerprint density at radius 1 is 1.19 bits per heavy atom. The van der Waals surface area contributed by atoms with Gasteiger partial charge in [0.2, 0.25) is 5.91 Å². The number of benzene rings is 1. The van der Waals surface area contributed by atoms with E-state index in [4.69, 9.17) is 9.47 Å². The normalized spacial score (nSPS) is 12.8. The summed E-state index contributed by atoms with van der Waals surface area (Å²) in [5.41, 5.74) is 2.65. The van der Waals surface area contributed by atoms with Gasteiger partial charge in [0, 0.05) is 54.7 Å². The van der Waals surface area contributed by atoms with Gasteiger partial charge in [-0.1, -0.05) is 0 Å². The van der Waals surface area contributed by atoms with Crippen LogP contribution in [-0.4, -0.2) is 49.3 Å². The minimum Gasteiger partial charge on any atom is -0.497 e. The topological polar surface area (TPSA) is 117 Å². The molecule has 3 rings (SSSR count). The Morgan fingerprint density at radius 3 is 2.62 bits per heavy atom. The van der Waals surface area contributed by atoms with Crippen molar-refractivity contribution in [3.63, 3.8) is 0 Å². The number of hydrogen-bond donors (Lipinski definition) is 4. The molecule has 2 heterocycles. The van der Waals surface area contributed by atoms with E-state index in [1.54, 1.807) is 18.2 Å². The summed E-state index contributed by atoms with van der Waals surface area (Å²) in [5.74, 6) is 0.361. The number of carbonyl (C=O) groups excluding carboxylic acids is 2. The van der Waals surface area contributed by atoms with Crippen LogP contribution in [0.3, 0.4) is 0 Å². The number of methoxy groups -OCH3 is 2. The van der Waals surface area contributed by atoms with Crippen molar-refractivity contribution < 1.29 is 19.1 Å². The van der Waals surface area contributed by atoms with E-state index in [0.717, 1.165) is 24.2 Å². The first kappa shape index (κ1) is 17.7. The predicted octanol–water partition coefficient (Wildman–Crippen LogP) is 0.441. The van der Waals surface area contributed by atoms with E-state index in [0.29, 0.717) is 29.4 Å². The number of nitrogens with zero attached hydrogens (tertiary/aromatic N) is 1. The highest BCUT2D eigenvalue weighted by Gasteiger charge is 2.21. The Bertz CT molecular complexity index is 795. The molecule has 0 saturated heterocycles. The van der Waals surface area contributed by atoms with Gasteiger partial charge in [-0.25, -0.2) is 0 Å². The number of rotatable bonds is 6. The minimum atomic E-state index is -0.385. The average Bonchev–Trinajstić information content (AvgIpc) is 3.10. The summed E-state index contributed by atoms with van der Waals surface area (Å²) in [7, 11) is 3.06. The number of amides is 2. The van der Waals surface area contributed by atoms with Crippen LogP contribution in [0.25, 0.3) is 0 Å². The standard InChI is InChI=1S/C17H21N5O4/c1-25-11-5-10(6-12(7-11)26-2)20-15(23)9-19-17(24)16-13-8-18-4-3-14(13)21-22-16/h5-7,18H,3-4,8-9H2,1-2H3,(H,19,24)(H,20,23)(H,21,22). The monoisotopic (exact) mass is 359 g/mol. The first-order valence-electron chi connectivity index (χ1n) is 8.18. The van der Waals surface area contributed by atoms with Gasteiger partial charge < -0.3 is 25.4 Å². The third-order valence-electron chi connectivity index (χ3n) is 4.07. The fourth-order valence-electron chi connectivity index (χ4n) is 2.74. The smallest absolute Gasteiger partial charge is 0.272 e. The van der Waals surface area contributed by atoms with Crippen LogP contribution in [0.1, 0.15) is 21.7 Å². The van der Waals surface area contributed by atoms with Gasteiger partial charge in [-0.15, -0.1) is 0 Å². The summed E-state index contributed by atoms with van der Waals surface area (Å²) in [5, 5.41) is 15.4. The second-order valence-electron chi connectivity index (χ2n) is 5.79. The Morgan fingerprint density at radius 2 is 1.92 bits per heavy atom. The summed E-state index contributed by atoms with van der Waals surface area (Å²) in [6.45, 7) is 1.26. The summed E-state index contributed by atoms with van der Waals surface area (Å²) in [4.78, 5) is 24.4. The summed E-state index contributed by atoms with van der Waals surface area (Å²) < 4.78 is 10.3. The molecule has 138 valence electrons. The van der Waals surface area contributed by atoms with Crippen molar-refractivity contribution in [1.29, 1.82) is 0 Å². The molecule has 2 amide bonds. The van der Waals surface area contributed by atoms with E-state index >= 15 is 0 Å². The number of anilines is 1. The third kappa shape index (κ3) is 3.94. The van der Waals surface area contributed by atoms with Crippen LogP contribution < -0.4 is 25.4 Å². The molecule has 0 aliphatic carbocycles. The van der Waals surface area contributed by atoms with Gasteiger partial charge in [0.15, 0.2) is 5.69 Å². The fourth-order valence-corrected chi connectivity index (χ4v) is 2.74. The zero-order valence-electron chi connectivity index (χ0n) is 14.6. The number of H-pyrrole nitrogens is 1. The maximum Gasteiger partial charge on any atom is 0.272 e. The number of aromatic nitrogens is 2. The first-order valence-corrected chi connectivity index (χ1v) is 8.18. The lowest BCUT2D eigenvalue weighted by atomic mass is 10.1. The lowest BCUT2D eigenvalue weighted by molar-refractivity contribution is -0.115. The zero-order chi connectivity index (χ0) is 18.5. The molecule has 9 nitrogen and oxygen atoms in total. The third-order valence-corrected chi connectivity index (χ3v) is 4.07. The summed E-state index contributed by atoms with van der Waals surface area (Å²) in [6.07, 6.45) is 0.799. The molecule has 2 aromatic rings. The quantitative estimate of drug-likeness (QED) is 0.595. The van der Waals surface area contributed by atoms with Crippen molar-refractivity contribution >= 4 is 17.5 Å². The lowest BCUT2D eigenvalue weighted by Gasteiger charge is -2.13.